The van der Waals surface area contributed by atoms with E-state index in [1.54, 1.807) is 42.5 Å². The van der Waals surface area contributed by atoms with Gasteiger partial charge in [-0.3, -0.25) is 4.79 Å². The van der Waals surface area contributed by atoms with Crippen molar-refractivity contribution in [1.29, 1.82) is 0 Å². The Morgan fingerprint density at radius 3 is 2.67 bits per heavy atom. The van der Waals surface area contributed by atoms with Gasteiger partial charge >= 0.3 is 6.18 Å². The van der Waals surface area contributed by atoms with Gasteiger partial charge in [0.05, 0.1) is 30.6 Å². The van der Waals surface area contributed by atoms with Crippen LogP contribution in [0.3, 0.4) is 0 Å². The molecule has 1 heterocycles. The second-order valence-corrected chi connectivity index (χ2v) is 6.64. The van der Waals surface area contributed by atoms with E-state index >= 15 is 0 Å². The van der Waals surface area contributed by atoms with E-state index in [1.165, 1.54) is 14.0 Å². The highest BCUT2D eigenvalue weighted by Crippen LogP contribution is 2.29. The number of nitrogens with zero attached hydrogens (tertiary/aromatic N) is 1. The summed E-state index contributed by atoms with van der Waals surface area (Å²) in [5, 5.41) is 3.58. The summed E-state index contributed by atoms with van der Waals surface area (Å²) in [6.07, 6.45) is -4.39. The molecule has 0 unspecified atom stereocenters. The van der Waals surface area contributed by atoms with Crippen LogP contribution in [0, 0.1) is 11.8 Å². The third kappa shape index (κ3) is 4.69. The third-order valence-electron chi connectivity index (χ3n) is 4.51. The molecule has 2 aromatic carbocycles. The number of nitrogen functional groups attached to an aromatic ring is 1. The van der Waals surface area contributed by atoms with Crippen LogP contribution in [-0.4, -0.2) is 30.2 Å². The van der Waals surface area contributed by atoms with Gasteiger partial charge in [0.25, 0.3) is 0 Å². The lowest BCUT2D eigenvalue weighted by Crippen LogP contribution is -2.18. The molecule has 1 aromatic heterocycles. The maximum absolute atomic E-state index is 13.1. The van der Waals surface area contributed by atoms with E-state index in [4.69, 9.17) is 10.5 Å². The Morgan fingerprint density at radius 2 is 2.00 bits per heavy atom. The molecule has 0 atom stereocenters. The van der Waals surface area contributed by atoms with Gasteiger partial charge in [-0.05, 0) is 49.2 Å². The van der Waals surface area contributed by atoms with Gasteiger partial charge in [-0.25, -0.2) is 0 Å². The van der Waals surface area contributed by atoms with Crippen molar-refractivity contribution in [2.45, 2.75) is 19.6 Å². The van der Waals surface area contributed by atoms with Crippen LogP contribution in [0.4, 0.5) is 24.5 Å². The smallest absolute Gasteiger partial charge is 0.406 e. The fourth-order valence-corrected chi connectivity index (χ4v) is 3.09. The van der Waals surface area contributed by atoms with Crippen molar-refractivity contribution in [1.82, 2.24) is 4.57 Å². The van der Waals surface area contributed by atoms with Crippen LogP contribution in [-0.2, 0) is 6.54 Å². The molecule has 0 aliphatic heterocycles. The molecule has 0 amide bonds. The topological polar surface area (TPSA) is 69.3 Å². The Hall–Kier alpha value is -3.60. The van der Waals surface area contributed by atoms with E-state index < -0.39 is 12.7 Å². The Labute approximate surface area is 171 Å². The second-order valence-electron chi connectivity index (χ2n) is 6.64. The van der Waals surface area contributed by atoms with Crippen molar-refractivity contribution < 1.29 is 22.7 Å². The average molecular weight is 415 g/mol. The number of rotatable bonds is 5. The largest absolute Gasteiger partial charge is 0.495 e. The fraction of sp³-hybridized carbons (Fsp3) is 0.227. The zero-order valence-corrected chi connectivity index (χ0v) is 16.4. The Morgan fingerprint density at radius 1 is 1.23 bits per heavy atom. The number of nitrogens with one attached hydrogen (secondary N) is 1. The lowest BCUT2D eigenvalue weighted by molar-refractivity contribution is -0.140. The first-order valence-electron chi connectivity index (χ1n) is 9.06. The van der Waals surface area contributed by atoms with Gasteiger partial charge in [0, 0.05) is 16.6 Å². The number of aromatic nitrogens is 1. The average Bonchev–Trinajstić information content (AvgIpc) is 3.02. The van der Waals surface area contributed by atoms with Gasteiger partial charge in [-0.15, -0.1) is 0 Å². The fourth-order valence-electron chi connectivity index (χ4n) is 3.09. The van der Waals surface area contributed by atoms with Gasteiger partial charge in [-0.2, -0.15) is 13.2 Å². The van der Waals surface area contributed by atoms with E-state index in [9.17, 15) is 18.0 Å². The monoisotopic (exact) mass is 415 g/mol. The molecule has 0 bridgehead atoms. The highest BCUT2D eigenvalue weighted by Gasteiger charge is 2.29. The molecule has 3 rings (SSSR count). The number of nitrogens with two attached hydrogens (primary N) is 1. The molecule has 0 saturated heterocycles. The molecule has 0 spiro atoms. The van der Waals surface area contributed by atoms with Crippen molar-refractivity contribution in [2.75, 3.05) is 24.7 Å². The molecule has 0 saturated carbocycles. The first-order chi connectivity index (χ1) is 14.2. The predicted octanol–water partition coefficient (Wildman–Crippen LogP) is 4.46. The van der Waals surface area contributed by atoms with E-state index in [1.807, 2.05) is 0 Å². The normalized spacial score (nSPS) is 11.1. The molecule has 3 N–H and O–H groups in total. The number of methoxy groups -OCH3 is 1. The summed E-state index contributed by atoms with van der Waals surface area (Å²) in [5.41, 5.74) is 8.04. The predicted molar refractivity (Wildman–Crippen MR) is 111 cm³/mol. The van der Waals surface area contributed by atoms with Crippen LogP contribution < -0.4 is 15.8 Å². The number of ether oxygens (including phenoxy) is 1. The van der Waals surface area contributed by atoms with Gasteiger partial charge in [-0.1, -0.05) is 12.0 Å². The van der Waals surface area contributed by atoms with Crippen LogP contribution in [0.1, 0.15) is 23.0 Å². The minimum Gasteiger partial charge on any atom is -0.495 e. The van der Waals surface area contributed by atoms with Crippen LogP contribution >= 0.6 is 0 Å². The molecule has 30 heavy (non-hydrogen) atoms. The number of Topliss-reactive ketones (excluding diaryl/α,β-unsaturated/α-hetero) is 1. The van der Waals surface area contributed by atoms with Gasteiger partial charge < -0.3 is 20.4 Å². The third-order valence-corrected chi connectivity index (χ3v) is 4.51. The van der Waals surface area contributed by atoms with Crippen LogP contribution in [0.25, 0.3) is 10.9 Å². The minimum atomic E-state index is -4.39. The maximum Gasteiger partial charge on any atom is 0.406 e. The molecule has 5 nitrogen and oxygen atoms in total. The Bertz CT molecular complexity index is 1150. The summed E-state index contributed by atoms with van der Waals surface area (Å²) < 4.78 is 45.6. The zero-order chi connectivity index (χ0) is 21.9. The summed E-state index contributed by atoms with van der Waals surface area (Å²) in [5.74, 6) is 6.01. The van der Waals surface area contributed by atoms with Gasteiger partial charge in [0.15, 0.2) is 5.78 Å². The summed E-state index contributed by atoms with van der Waals surface area (Å²) >= 11 is 0. The van der Waals surface area contributed by atoms with E-state index in [0.717, 1.165) is 4.57 Å². The van der Waals surface area contributed by atoms with Crippen LogP contribution in [0.2, 0.25) is 0 Å². The molecule has 8 heteroatoms. The molecule has 0 aliphatic rings. The molecular formula is C22H20F3N3O2. The minimum absolute atomic E-state index is 0.0867. The highest BCUT2D eigenvalue weighted by atomic mass is 19.4. The van der Waals surface area contributed by atoms with Crippen LogP contribution in [0.5, 0.6) is 5.75 Å². The van der Waals surface area contributed by atoms with Gasteiger partial charge in [0.1, 0.15) is 12.3 Å². The molecule has 3 aromatic rings. The lowest BCUT2D eigenvalue weighted by atomic mass is 10.1. The van der Waals surface area contributed by atoms with Gasteiger partial charge in [0.2, 0.25) is 0 Å². The van der Waals surface area contributed by atoms with E-state index in [-0.39, 0.29) is 18.0 Å². The Balaban J connectivity index is 1.85. The first-order valence-corrected chi connectivity index (χ1v) is 9.06. The Kier molecular flexibility index (Phi) is 5.92. The number of halogens is 3. The molecule has 156 valence electrons. The second kappa shape index (κ2) is 8.41. The summed E-state index contributed by atoms with van der Waals surface area (Å²) in [7, 11) is 1.48. The van der Waals surface area contributed by atoms with Crippen LogP contribution in [0.15, 0.2) is 42.5 Å². The SMILES string of the molecule is COc1cc(C(C)=O)ccc1NCC#Cc1cc2c(N)cccc2n1CC(F)(F)F. The standard InChI is InChI=1S/C22H20F3N3O2/c1-14(29)15-8-9-19(21(11-15)30-2)27-10-4-5-16-12-17-18(26)6-3-7-20(17)28(16)13-22(23,24)25/h3,6-9,11-12,27H,10,13,26H2,1-2H3. The van der Waals surface area contributed by atoms with Crippen molar-refractivity contribution in [3.05, 3.63) is 53.7 Å². The van der Waals surface area contributed by atoms with Crippen molar-refractivity contribution >= 4 is 28.1 Å². The summed E-state index contributed by atoms with van der Waals surface area (Å²) in [6, 6.07) is 11.4. The number of hydrogen-bond acceptors (Lipinski definition) is 4. The molecule has 0 aliphatic carbocycles. The first kappa shape index (κ1) is 21.1. The van der Waals surface area contributed by atoms with Crippen molar-refractivity contribution in [3.63, 3.8) is 0 Å². The van der Waals surface area contributed by atoms with E-state index in [2.05, 4.69) is 17.2 Å². The highest BCUT2D eigenvalue weighted by molar-refractivity contribution is 5.95. The number of ketones is 1. The maximum atomic E-state index is 13.1. The molecule has 0 fully saturated rings. The molecule has 0 radical (unpaired) electrons. The number of carbonyl (C=O) groups is 1. The number of alkyl halides is 3. The van der Waals surface area contributed by atoms with Crippen molar-refractivity contribution in [3.8, 4) is 17.6 Å². The summed E-state index contributed by atoms with van der Waals surface area (Å²) in [4.78, 5) is 11.5. The number of carbonyl (C=O) groups excluding carboxylic acids is 1. The number of fused-ring (bicyclic) bond motifs is 1. The molecular weight excluding hydrogens is 395 g/mol. The number of hydrogen-bond donors (Lipinski definition) is 2. The summed E-state index contributed by atoms with van der Waals surface area (Å²) in [6.45, 7) is 0.469. The van der Waals surface area contributed by atoms with Crippen molar-refractivity contribution in [2.24, 2.45) is 0 Å². The zero-order valence-electron chi connectivity index (χ0n) is 16.4. The number of anilines is 2. The lowest BCUT2D eigenvalue weighted by Gasteiger charge is -2.11. The quantitative estimate of drug-likeness (QED) is 0.367. The number of benzene rings is 2. The van der Waals surface area contributed by atoms with E-state index in [0.29, 0.717) is 33.6 Å².